The maximum Gasteiger partial charge on any atom is 0.416 e. The third kappa shape index (κ3) is 5.53. The minimum atomic E-state index is -4.80. The summed E-state index contributed by atoms with van der Waals surface area (Å²) in [7, 11) is 0. The Kier molecular flexibility index (Phi) is 6.95. The standard InChI is InChI=1S/C15H18F6N2.ClH/c16-14(17,18)12-5-11(6-13(7-12)15(19,20)21)9-23-3-1-10(8-22)2-4-23;/h5-7,10H,1-4,8-9,22H2;1H. The van der Waals surface area contributed by atoms with E-state index in [-0.39, 0.29) is 30.6 Å². The second-order valence-electron chi connectivity index (χ2n) is 5.87. The zero-order chi connectivity index (χ0) is 17.3. The average Bonchev–Trinajstić information content (AvgIpc) is 2.46. The molecule has 0 atom stereocenters. The normalized spacial score (nSPS) is 17.6. The Morgan fingerprint density at radius 3 is 1.75 bits per heavy atom. The number of likely N-dealkylation sites (tertiary alicyclic amines) is 1. The van der Waals surface area contributed by atoms with Crippen LogP contribution in [0.4, 0.5) is 26.3 Å². The molecule has 138 valence electrons. The van der Waals surface area contributed by atoms with Crippen molar-refractivity contribution in [3.8, 4) is 0 Å². The lowest BCUT2D eigenvalue weighted by Gasteiger charge is -2.31. The third-order valence-corrected chi connectivity index (χ3v) is 4.09. The fourth-order valence-electron chi connectivity index (χ4n) is 2.75. The van der Waals surface area contributed by atoms with Crippen LogP contribution in [0.2, 0.25) is 0 Å². The molecule has 1 aliphatic heterocycles. The van der Waals surface area contributed by atoms with E-state index in [0.717, 1.165) is 25.0 Å². The van der Waals surface area contributed by atoms with Crippen molar-refractivity contribution >= 4 is 12.4 Å². The minimum Gasteiger partial charge on any atom is -0.330 e. The molecule has 0 radical (unpaired) electrons. The highest BCUT2D eigenvalue weighted by Crippen LogP contribution is 2.36. The van der Waals surface area contributed by atoms with Gasteiger partial charge in [0, 0.05) is 6.54 Å². The largest absolute Gasteiger partial charge is 0.416 e. The first-order valence-electron chi connectivity index (χ1n) is 7.30. The van der Waals surface area contributed by atoms with Crippen molar-refractivity contribution < 1.29 is 26.3 Å². The summed E-state index contributed by atoms with van der Waals surface area (Å²) in [4.78, 5) is 1.86. The van der Waals surface area contributed by atoms with Gasteiger partial charge < -0.3 is 5.73 Å². The van der Waals surface area contributed by atoms with Crippen molar-refractivity contribution in [3.63, 3.8) is 0 Å². The van der Waals surface area contributed by atoms with Gasteiger partial charge in [-0.2, -0.15) is 26.3 Å². The van der Waals surface area contributed by atoms with E-state index in [4.69, 9.17) is 5.73 Å². The van der Waals surface area contributed by atoms with Crippen LogP contribution in [-0.2, 0) is 18.9 Å². The summed E-state index contributed by atoms with van der Waals surface area (Å²) in [5.74, 6) is 0.374. The average molecular weight is 377 g/mol. The van der Waals surface area contributed by atoms with Crippen LogP contribution in [0, 0.1) is 5.92 Å². The number of halogens is 7. The molecule has 1 fully saturated rings. The number of piperidine rings is 1. The Labute approximate surface area is 142 Å². The van der Waals surface area contributed by atoms with Crippen molar-refractivity contribution in [2.45, 2.75) is 31.7 Å². The van der Waals surface area contributed by atoms with Crippen LogP contribution in [0.15, 0.2) is 18.2 Å². The van der Waals surface area contributed by atoms with Crippen LogP contribution in [0.5, 0.6) is 0 Å². The molecule has 1 heterocycles. The molecule has 0 unspecified atom stereocenters. The number of benzene rings is 1. The molecule has 0 aliphatic carbocycles. The molecule has 0 amide bonds. The molecule has 0 bridgehead atoms. The monoisotopic (exact) mass is 376 g/mol. The first-order chi connectivity index (χ1) is 10.6. The van der Waals surface area contributed by atoms with Crippen LogP contribution in [0.25, 0.3) is 0 Å². The molecular formula is C15H19ClF6N2. The second kappa shape index (κ2) is 7.93. The van der Waals surface area contributed by atoms with Gasteiger partial charge in [-0.1, -0.05) is 0 Å². The van der Waals surface area contributed by atoms with Gasteiger partial charge in [-0.05, 0) is 62.2 Å². The Balaban J connectivity index is 0.00000288. The molecule has 0 saturated carbocycles. The van der Waals surface area contributed by atoms with Gasteiger partial charge in [0.05, 0.1) is 11.1 Å². The van der Waals surface area contributed by atoms with E-state index in [1.807, 2.05) is 4.90 Å². The summed E-state index contributed by atoms with van der Waals surface area (Å²) in [6.07, 6.45) is -7.99. The van der Waals surface area contributed by atoms with Crippen LogP contribution >= 0.6 is 12.4 Å². The Morgan fingerprint density at radius 2 is 1.38 bits per heavy atom. The first-order valence-corrected chi connectivity index (χ1v) is 7.30. The third-order valence-electron chi connectivity index (χ3n) is 4.09. The smallest absolute Gasteiger partial charge is 0.330 e. The van der Waals surface area contributed by atoms with E-state index in [9.17, 15) is 26.3 Å². The van der Waals surface area contributed by atoms with E-state index in [0.29, 0.717) is 25.6 Å². The van der Waals surface area contributed by atoms with Crippen LogP contribution in [0.3, 0.4) is 0 Å². The zero-order valence-electron chi connectivity index (χ0n) is 12.8. The lowest BCUT2D eigenvalue weighted by atomic mass is 9.96. The van der Waals surface area contributed by atoms with Crippen molar-refractivity contribution in [1.29, 1.82) is 0 Å². The SMILES string of the molecule is Cl.NCC1CCN(Cc2cc(C(F)(F)F)cc(C(F)(F)F)c2)CC1. The van der Waals surface area contributed by atoms with Crippen LogP contribution in [-0.4, -0.2) is 24.5 Å². The predicted molar refractivity (Wildman–Crippen MR) is 80.7 cm³/mol. The fraction of sp³-hybridized carbons (Fsp3) is 0.600. The molecule has 2 N–H and O–H groups in total. The first kappa shape index (κ1) is 21.1. The molecule has 0 spiro atoms. The number of hydrogen-bond donors (Lipinski definition) is 1. The van der Waals surface area contributed by atoms with E-state index < -0.39 is 23.5 Å². The topological polar surface area (TPSA) is 29.3 Å². The Hall–Kier alpha value is -0.990. The van der Waals surface area contributed by atoms with Crippen LogP contribution < -0.4 is 5.73 Å². The summed E-state index contributed by atoms with van der Waals surface area (Å²) in [5, 5.41) is 0. The van der Waals surface area contributed by atoms with Gasteiger partial charge in [-0.3, -0.25) is 4.90 Å². The molecule has 1 aromatic rings. The van der Waals surface area contributed by atoms with Gasteiger partial charge in [0.15, 0.2) is 0 Å². The highest BCUT2D eigenvalue weighted by Gasteiger charge is 2.37. The van der Waals surface area contributed by atoms with E-state index in [1.54, 1.807) is 0 Å². The van der Waals surface area contributed by atoms with Gasteiger partial charge in [-0.15, -0.1) is 12.4 Å². The number of rotatable bonds is 3. The highest BCUT2D eigenvalue weighted by molar-refractivity contribution is 5.85. The summed E-state index contributed by atoms with van der Waals surface area (Å²) in [6.45, 7) is 1.87. The molecular weight excluding hydrogens is 358 g/mol. The van der Waals surface area contributed by atoms with Gasteiger partial charge in [0.1, 0.15) is 0 Å². The van der Waals surface area contributed by atoms with E-state index >= 15 is 0 Å². The molecule has 9 heteroatoms. The lowest BCUT2D eigenvalue weighted by Crippen LogP contribution is -2.35. The molecule has 1 aromatic carbocycles. The van der Waals surface area contributed by atoms with Gasteiger partial charge in [0.2, 0.25) is 0 Å². The Bertz CT molecular complexity index is 503. The molecule has 0 aromatic heterocycles. The predicted octanol–water partition coefficient (Wildman–Crippen LogP) is 4.32. The number of alkyl halides is 6. The summed E-state index contributed by atoms with van der Waals surface area (Å²) in [5.41, 5.74) is 3.07. The van der Waals surface area contributed by atoms with Crippen molar-refractivity contribution in [3.05, 3.63) is 34.9 Å². The maximum absolute atomic E-state index is 12.8. The number of nitrogens with two attached hydrogens (primary N) is 1. The molecule has 24 heavy (non-hydrogen) atoms. The quantitative estimate of drug-likeness (QED) is 0.796. The summed E-state index contributed by atoms with van der Waals surface area (Å²) >= 11 is 0. The van der Waals surface area contributed by atoms with Crippen molar-refractivity contribution in [2.75, 3.05) is 19.6 Å². The van der Waals surface area contributed by atoms with Gasteiger partial charge in [0.25, 0.3) is 0 Å². The van der Waals surface area contributed by atoms with Gasteiger partial charge in [-0.25, -0.2) is 0 Å². The molecule has 2 nitrogen and oxygen atoms in total. The van der Waals surface area contributed by atoms with E-state index in [2.05, 4.69) is 0 Å². The molecule has 1 saturated heterocycles. The number of nitrogens with zero attached hydrogens (tertiary/aromatic N) is 1. The van der Waals surface area contributed by atoms with Crippen molar-refractivity contribution in [2.24, 2.45) is 11.7 Å². The summed E-state index contributed by atoms with van der Waals surface area (Å²) in [6, 6.07) is 1.75. The number of hydrogen-bond acceptors (Lipinski definition) is 2. The van der Waals surface area contributed by atoms with Gasteiger partial charge >= 0.3 is 12.4 Å². The maximum atomic E-state index is 12.8. The second-order valence-corrected chi connectivity index (χ2v) is 5.87. The van der Waals surface area contributed by atoms with E-state index in [1.165, 1.54) is 0 Å². The fourth-order valence-corrected chi connectivity index (χ4v) is 2.75. The summed E-state index contributed by atoms with van der Waals surface area (Å²) < 4.78 is 76.9. The molecule has 2 rings (SSSR count). The molecule has 1 aliphatic rings. The Morgan fingerprint density at radius 1 is 0.917 bits per heavy atom. The minimum absolute atomic E-state index is 0. The zero-order valence-corrected chi connectivity index (χ0v) is 13.6. The van der Waals surface area contributed by atoms with Crippen LogP contribution in [0.1, 0.15) is 29.5 Å². The lowest BCUT2D eigenvalue weighted by molar-refractivity contribution is -0.143. The van der Waals surface area contributed by atoms with Crippen molar-refractivity contribution in [1.82, 2.24) is 4.90 Å². The highest BCUT2D eigenvalue weighted by atomic mass is 35.5.